The molecule has 0 saturated carbocycles. The van der Waals surface area contributed by atoms with Crippen LogP contribution in [0.25, 0.3) is 0 Å². The number of aliphatic hydroxyl groups is 1. The third-order valence-corrected chi connectivity index (χ3v) is 2.88. The molecule has 0 radical (unpaired) electrons. The summed E-state index contributed by atoms with van der Waals surface area (Å²) >= 11 is 0. The second kappa shape index (κ2) is 4.80. The summed E-state index contributed by atoms with van der Waals surface area (Å²) in [5.74, 6) is 1.20. The third kappa shape index (κ3) is 2.17. The van der Waals surface area contributed by atoms with Crippen LogP contribution in [0.1, 0.15) is 32.2 Å². The molecule has 2 N–H and O–H groups in total. The average molecular weight is 226 g/mol. The Morgan fingerprint density at radius 1 is 1.50 bits per heavy atom. The van der Waals surface area contributed by atoms with Crippen LogP contribution in [0.3, 0.4) is 0 Å². The van der Waals surface area contributed by atoms with Crippen LogP contribution >= 0.6 is 0 Å². The fourth-order valence-corrected chi connectivity index (χ4v) is 1.91. The van der Waals surface area contributed by atoms with E-state index in [1.165, 1.54) is 0 Å². The molecule has 0 bridgehead atoms. The molecule has 0 amide bonds. The molecule has 0 spiro atoms. The molecule has 90 valence electrons. The van der Waals surface area contributed by atoms with Gasteiger partial charge in [-0.25, -0.2) is 0 Å². The molecule has 0 aliphatic carbocycles. The van der Waals surface area contributed by atoms with E-state index < -0.39 is 0 Å². The highest BCUT2D eigenvalue weighted by atomic mass is 16.5. The van der Waals surface area contributed by atoms with E-state index in [0.29, 0.717) is 24.8 Å². The normalized spacial score (nSPS) is 24.9. The minimum Gasteiger partial charge on any atom is -0.392 e. The minimum atomic E-state index is -0.311. The van der Waals surface area contributed by atoms with Gasteiger partial charge in [-0.2, -0.15) is 4.98 Å². The predicted molar refractivity (Wildman–Crippen MR) is 59.2 cm³/mol. The highest BCUT2D eigenvalue weighted by molar-refractivity contribution is 5.27. The lowest BCUT2D eigenvalue weighted by molar-refractivity contribution is 0.191. The number of hydrogen-bond acceptors (Lipinski definition) is 6. The van der Waals surface area contributed by atoms with Crippen LogP contribution in [0.2, 0.25) is 0 Å². The maximum absolute atomic E-state index is 9.41. The van der Waals surface area contributed by atoms with E-state index in [1.54, 1.807) is 0 Å². The Morgan fingerprint density at radius 3 is 2.81 bits per heavy atom. The van der Waals surface area contributed by atoms with Crippen molar-refractivity contribution in [2.24, 2.45) is 0 Å². The molecule has 1 fully saturated rings. The zero-order chi connectivity index (χ0) is 11.5. The number of nitrogens with zero attached hydrogens (tertiary/aromatic N) is 3. The molecule has 2 heterocycles. The summed E-state index contributed by atoms with van der Waals surface area (Å²) in [5, 5.41) is 16.5. The quantitative estimate of drug-likeness (QED) is 0.769. The summed E-state index contributed by atoms with van der Waals surface area (Å²) in [5.41, 5.74) is 0. The molecule has 0 aromatic carbocycles. The Bertz CT molecular complexity index is 337. The van der Waals surface area contributed by atoms with Gasteiger partial charge < -0.3 is 19.8 Å². The van der Waals surface area contributed by atoms with Gasteiger partial charge in [0.05, 0.1) is 12.1 Å². The van der Waals surface area contributed by atoms with E-state index in [2.05, 4.69) is 29.3 Å². The molecule has 1 aliphatic rings. The lowest BCUT2D eigenvalue weighted by Crippen LogP contribution is -2.23. The Morgan fingerprint density at radius 2 is 2.25 bits per heavy atom. The van der Waals surface area contributed by atoms with Crippen LogP contribution in [0.4, 0.5) is 5.95 Å². The molecule has 2 unspecified atom stereocenters. The van der Waals surface area contributed by atoms with Crippen molar-refractivity contribution in [3.63, 3.8) is 0 Å². The van der Waals surface area contributed by atoms with Gasteiger partial charge in [-0.15, -0.1) is 0 Å². The van der Waals surface area contributed by atoms with Gasteiger partial charge >= 0.3 is 0 Å². The van der Waals surface area contributed by atoms with Gasteiger partial charge in [-0.3, -0.25) is 0 Å². The van der Waals surface area contributed by atoms with E-state index >= 15 is 0 Å². The SMILES string of the molecule is CCN(CC)c1noc(C2CC(O)CN2)n1. The number of aromatic nitrogens is 2. The highest BCUT2D eigenvalue weighted by Crippen LogP contribution is 2.23. The first-order chi connectivity index (χ1) is 7.74. The summed E-state index contributed by atoms with van der Waals surface area (Å²) in [7, 11) is 0. The van der Waals surface area contributed by atoms with Crippen molar-refractivity contribution >= 4 is 5.95 Å². The highest BCUT2D eigenvalue weighted by Gasteiger charge is 2.28. The smallest absolute Gasteiger partial charge is 0.266 e. The molecule has 16 heavy (non-hydrogen) atoms. The molecule has 1 saturated heterocycles. The fourth-order valence-electron chi connectivity index (χ4n) is 1.91. The van der Waals surface area contributed by atoms with Crippen molar-refractivity contribution in [2.75, 3.05) is 24.5 Å². The van der Waals surface area contributed by atoms with E-state index in [1.807, 2.05) is 4.90 Å². The molecule has 2 atom stereocenters. The Balaban J connectivity index is 2.07. The van der Waals surface area contributed by atoms with Gasteiger partial charge in [-0.1, -0.05) is 0 Å². The molecule has 6 nitrogen and oxygen atoms in total. The van der Waals surface area contributed by atoms with E-state index in [0.717, 1.165) is 13.1 Å². The van der Waals surface area contributed by atoms with Crippen LogP contribution in [0.15, 0.2) is 4.52 Å². The zero-order valence-electron chi connectivity index (χ0n) is 9.68. The summed E-state index contributed by atoms with van der Waals surface area (Å²) in [4.78, 5) is 6.37. The lowest BCUT2D eigenvalue weighted by atomic mass is 10.2. The van der Waals surface area contributed by atoms with Crippen molar-refractivity contribution < 1.29 is 9.63 Å². The largest absolute Gasteiger partial charge is 0.392 e. The predicted octanol–water partition coefficient (Wildman–Crippen LogP) is 0.311. The van der Waals surface area contributed by atoms with Crippen LogP contribution < -0.4 is 10.2 Å². The summed E-state index contributed by atoms with van der Waals surface area (Å²) in [6.07, 6.45) is 0.327. The minimum absolute atomic E-state index is 0.00758. The maximum Gasteiger partial charge on any atom is 0.266 e. The number of hydrogen-bond donors (Lipinski definition) is 2. The van der Waals surface area contributed by atoms with Crippen molar-refractivity contribution in [1.82, 2.24) is 15.5 Å². The lowest BCUT2D eigenvalue weighted by Gasteiger charge is -2.14. The monoisotopic (exact) mass is 226 g/mol. The topological polar surface area (TPSA) is 74.4 Å². The Kier molecular flexibility index (Phi) is 3.40. The number of rotatable bonds is 4. The van der Waals surface area contributed by atoms with Crippen molar-refractivity contribution in [1.29, 1.82) is 0 Å². The molecule has 2 rings (SSSR count). The second-order valence-electron chi connectivity index (χ2n) is 3.96. The Labute approximate surface area is 94.6 Å². The van der Waals surface area contributed by atoms with E-state index in [4.69, 9.17) is 4.52 Å². The standard InChI is InChI=1S/C10H18N4O2/c1-3-14(4-2)10-12-9(16-13-10)8-5-7(15)6-11-8/h7-8,11,15H,3-6H2,1-2H3. The summed E-state index contributed by atoms with van der Waals surface area (Å²) in [6, 6.07) is -0.00758. The first-order valence-electron chi connectivity index (χ1n) is 5.74. The van der Waals surface area contributed by atoms with Crippen molar-refractivity contribution in [3.05, 3.63) is 5.89 Å². The van der Waals surface area contributed by atoms with Gasteiger partial charge in [0.15, 0.2) is 0 Å². The van der Waals surface area contributed by atoms with Crippen LogP contribution in [-0.4, -0.2) is 41.0 Å². The zero-order valence-corrected chi connectivity index (χ0v) is 9.68. The summed E-state index contributed by atoms with van der Waals surface area (Å²) in [6.45, 7) is 6.41. The maximum atomic E-state index is 9.41. The Hall–Kier alpha value is -1.14. The van der Waals surface area contributed by atoms with Gasteiger partial charge in [0.2, 0.25) is 5.89 Å². The van der Waals surface area contributed by atoms with Crippen molar-refractivity contribution in [2.45, 2.75) is 32.4 Å². The molecular weight excluding hydrogens is 208 g/mol. The number of anilines is 1. The van der Waals surface area contributed by atoms with Crippen molar-refractivity contribution in [3.8, 4) is 0 Å². The third-order valence-electron chi connectivity index (χ3n) is 2.88. The number of nitrogens with one attached hydrogen (secondary N) is 1. The van der Waals surface area contributed by atoms with E-state index in [9.17, 15) is 5.11 Å². The number of β-amino-alcohol motifs (C(OH)–C–C–N with tert-alkyl or cyclic N) is 1. The molecule has 6 heteroatoms. The summed E-state index contributed by atoms with van der Waals surface area (Å²) < 4.78 is 5.21. The average Bonchev–Trinajstić information content (AvgIpc) is 2.89. The molecule has 1 aromatic heterocycles. The van der Waals surface area contributed by atoms with Gasteiger partial charge in [0, 0.05) is 19.6 Å². The molecule has 1 aromatic rings. The van der Waals surface area contributed by atoms with Gasteiger partial charge in [0.1, 0.15) is 0 Å². The van der Waals surface area contributed by atoms with Crippen LogP contribution in [0, 0.1) is 0 Å². The molecule has 1 aliphatic heterocycles. The van der Waals surface area contributed by atoms with Gasteiger partial charge in [0.25, 0.3) is 5.95 Å². The van der Waals surface area contributed by atoms with Crippen LogP contribution in [-0.2, 0) is 0 Å². The number of aliphatic hydroxyl groups excluding tert-OH is 1. The van der Waals surface area contributed by atoms with Gasteiger partial charge in [-0.05, 0) is 25.4 Å². The fraction of sp³-hybridized carbons (Fsp3) is 0.800. The first kappa shape index (κ1) is 11.3. The first-order valence-corrected chi connectivity index (χ1v) is 5.74. The van der Waals surface area contributed by atoms with E-state index in [-0.39, 0.29) is 12.1 Å². The second-order valence-corrected chi connectivity index (χ2v) is 3.96. The molecular formula is C10H18N4O2. The van der Waals surface area contributed by atoms with Crippen LogP contribution in [0.5, 0.6) is 0 Å².